The minimum Gasteiger partial charge on any atom is -0.481 e. The van der Waals surface area contributed by atoms with Crippen LogP contribution in [-0.2, 0) is 9.53 Å². The van der Waals surface area contributed by atoms with E-state index in [0.717, 1.165) is 32.1 Å². The van der Waals surface area contributed by atoms with E-state index in [1.165, 1.54) is 6.42 Å². The van der Waals surface area contributed by atoms with Gasteiger partial charge in [0.05, 0.1) is 16.6 Å². The van der Waals surface area contributed by atoms with Gasteiger partial charge in [0.1, 0.15) is 0 Å². The zero-order valence-electron chi connectivity index (χ0n) is 12.1. The highest BCUT2D eigenvalue weighted by atomic mass is 16.5. The van der Waals surface area contributed by atoms with Crippen LogP contribution in [0, 0.1) is 11.3 Å². The average Bonchev–Trinajstić information content (AvgIpc) is 2.48. The molecule has 1 atom stereocenters. The standard InChI is InChI=1S/C15H26O3/c1-13(2)10-11(14(3,4)18-13)15(12(16)17)8-6-5-7-9-15/h11H,5-10H2,1-4H3,(H,16,17). The predicted octanol–water partition coefficient (Wildman–Crippen LogP) is 3.62. The van der Waals surface area contributed by atoms with Crippen molar-refractivity contribution in [3.8, 4) is 0 Å². The van der Waals surface area contributed by atoms with Gasteiger partial charge in [-0.1, -0.05) is 19.3 Å². The topological polar surface area (TPSA) is 46.5 Å². The molecule has 0 spiro atoms. The molecule has 3 heteroatoms. The summed E-state index contributed by atoms with van der Waals surface area (Å²) in [5.74, 6) is -0.487. The molecule has 0 aromatic carbocycles. The normalized spacial score (nSPS) is 33.2. The molecule has 0 aromatic heterocycles. The highest BCUT2D eigenvalue weighted by Crippen LogP contribution is 2.55. The SMILES string of the molecule is CC1(C)CC(C2(C(=O)O)CCCCC2)C(C)(C)O1. The van der Waals surface area contributed by atoms with Crippen LogP contribution >= 0.6 is 0 Å². The first kappa shape index (κ1) is 13.9. The molecule has 2 fully saturated rings. The first-order valence-corrected chi connectivity index (χ1v) is 7.13. The maximum atomic E-state index is 11.9. The molecule has 1 heterocycles. The van der Waals surface area contributed by atoms with Crippen molar-refractivity contribution < 1.29 is 14.6 Å². The van der Waals surface area contributed by atoms with Crippen molar-refractivity contribution >= 4 is 5.97 Å². The number of aliphatic carboxylic acids is 1. The molecule has 104 valence electrons. The number of hydrogen-bond donors (Lipinski definition) is 1. The second-order valence-corrected chi connectivity index (χ2v) is 7.24. The van der Waals surface area contributed by atoms with E-state index in [2.05, 4.69) is 27.7 Å². The molecular formula is C15H26O3. The lowest BCUT2D eigenvalue weighted by Gasteiger charge is -2.43. The Morgan fingerprint density at radius 2 is 1.67 bits per heavy atom. The molecule has 1 N–H and O–H groups in total. The molecule has 0 radical (unpaired) electrons. The van der Waals surface area contributed by atoms with E-state index in [9.17, 15) is 9.90 Å². The van der Waals surface area contributed by atoms with Crippen LogP contribution in [0.25, 0.3) is 0 Å². The molecule has 1 unspecified atom stereocenters. The van der Waals surface area contributed by atoms with Crippen LogP contribution < -0.4 is 0 Å². The lowest BCUT2D eigenvalue weighted by atomic mass is 9.60. The molecule has 3 nitrogen and oxygen atoms in total. The van der Waals surface area contributed by atoms with E-state index in [0.29, 0.717) is 0 Å². The van der Waals surface area contributed by atoms with Gasteiger partial charge in [0, 0.05) is 5.92 Å². The minimum atomic E-state index is -0.610. The Morgan fingerprint density at radius 3 is 2.06 bits per heavy atom. The molecule has 18 heavy (non-hydrogen) atoms. The molecule has 0 aromatic rings. The minimum absolute atomic E-state index is 0.123. The maximum Gasteiger partial charge on any atom is 0.310 e. The second kappa shape index (κ2) is 4.22. The largest absolute Gasteiger partial charge is 0.481 e. The quantitative estimate of drug-likeness (QED) is 0.818. The van der Waals surface area contributed by atoms with Gasteiger partial charge in [-0.05, 0) is 47.0 Å². The van der Waals surface area contributed by atoms with Crippen molar-refractivity contribution in [3.05, 3.63) is 0 Å². The van der Waals surface area contributed by atoms with Crippen molar-refractivity contribution in [1.82, 2.24) is 0 Å². The number of carboxylic acids is 1. The molecular weight excluding hydrogens is 228 g/mol. The van der Waals surface area contributed by atoms with E-state index >= 15 is 0 Å². The smallest absolute Gasteiger partial charge is 0.310 e. The van der Waals surface area contributed by atoms with Crippen LogP contribution in [0.5, 0.6) is 0 Å². The summed E-state index contributed by atoms with van der Waals surface area (Å²) in [7, 11) is 0. The summed E-state index contributed by atoms with van der Waals surface area (Å²) in [6.07, 6.45) is 5.74. The van der Waals surface area contributed by atoms with Gasteiger partial charge in [-0.25, -0.2) is 0 Å². The molecule has 2 rings (SSSR count). The summed E-state index contributed by atoms with van der Waals surface area (Å²) < 4.78 is 6.11. The molecule has 1 saturated heterocycles. The van der Waals surface area contributed by atoms with Gasteiger partial charge in [0.25, 0.3) is 0 Å². The van der Waals surface area contributed by atoms with Crippen molar-refractivity contribution in [1.29, 1.82) is 0 Å². The molecule has 0 bridgehead atoms. The fraction of sp³-hybridized carbons (Fsp3) is 0.933. The predicted molar refractivity (Wildman–Crippen MR) is 70.5 cm³/mol. The maximum absolute atomic E-state index is 11.9. The summed E-state index contributed by atoms with van der Waals surface area (Å²) in [6.45, 7) is 8.28. The molecule has 0 amide bonds. The van der Waals surface area contributed by atoms with Crippen LogP contribution in [0.2, 0.25) is 0 Å². The van der Waals surface area contributed by atoms with Crippen LogP contribution in [0.3, 0.4) is 0 Å². The van der Waals surface area contributed by atoms with Crippen molar-refractivity contribution in [2.75, 3.05) is 0 Å². The van der Waals surface area contributed by atoms with E-state index in [4.69, 9.17) is 4.74 Å². The first-order valence-electron chi connectivity index (χ1n) is 7.13. The summed E-state index contributed by atoms with van der Waals surface area (Å²) in [5.41, 5.74) is -1.09. The number of carboxylic acid groups (broad SMARTS) is 1. The van der Waals surface area contributed by atoms with Crippen LogP contribution in [0.1, 0.15) is 66.2 Å². The molecule has 2 aliphatic rings. The van der Waals surface area contributed by atoms with Crippen molar-refractivity contribution in [2.45, 2.75) is 77.4 Å². The Kier molecular flexibility index (Phi) is 3.25. The first-order chi connectivity index (χ1) is 8.20. The second-order valence-electron chi connectivity index (χ2n) is 7.24. The third-order valence-electron chi connectivity index (χ3n) is 4.91. The van der Waals surface area contributed by atoms with E-state index in [-0.39, 0.29) is 17.1 Å². The lowest BCUT2D eigenvalue weighted by Crippen LogP contribution is -2.47. The number of carbonyl (C=O) groups is 1. The van der Waals surface area contributed by atoms with E-state index in [1.807, 2.05) is 0 Å². The average molecular weight is 254 g/mol. The summed E-state index contributed by atoms with van der Waals surface area (Å²) >= 11 is 0. The highest BCUT2D eigenvalue weighted by molar-refractivity contribution is 5.75. The summed E-state index contributed by atoms with van der Waals surface area (Å²) in [6, 6.07) is 0. The van der Waals surface area contributed by atoms with Gasteiger partial charge in [-0.15, -0.1) is 0 Å². The van der Waals surface area contributed by atoms with E-state index in [1.54, 1.807) is 0 Å². The number of hydrogen-bond acceptors (Lipinski definition) is 2. The zero-order chi connectivity index (χ0) is 13.6. The monoisotopic (exact) mass is 254 g/mol. The number of rotatable bonds is 2. The van der Waals surface area contributed by atoms with Crippen molar-refractivity contribution in [2.24, 2.45) is 11.3 Å². The van der Waals surface area contributed by atoms with Crippen LogP contribution in [0.4, 0.5) is 0 Å². The molecule has 1 aliphatic heterocycles. The van der Waals surface area contributed by atoms with Gasteiger partial charge in [0.15, 0.2) is 0 Å². The molecule has 1 aliphatic carbocycles. The Bertz CT molecular complexity index is 338. The van der Waals surface area contributed by atoms with Gasteiger partial charge in [-0.3, -0.25) is 4.79 Å². The lowest BCUT2D eigenvalue weighted by molar-refractivity contribution is -0.162. The Balaban J connectivity index is 2.34. The van der Waals surface area contributed by atoms with Gasteiger partial charge in [-0.2, -0.15) is 0 Å². The Hall–Kier alpha value is -0.570. The Morgan fingerprint density at radius 1 is 1.11 bits per heavy atom. The van der Waals surface area contributed by atoms with Crippen LogP contribution in [-0.4, -0.2) is 22.3 Å². The Labute approximate surface area is 110 Å². The zero-order valence-corrected chi connectivity index (χ0v) is 12.1. The van der Waals surface area contributed by atoms with Crippen LogP contribution in [0.15, 0.2) is 0 Å². The number of ether oxygens (including phenoxy) is 1. The van der Waals surface area contributed by atoms with E-state index < -0.39 is 11.4 Å². The van der Waals surface area contributed by atoms with Gasteiger partial charge < -0.3 is 9.84 Å². The van der Waals surface area contributed by atoms with Gasteiger partial charge in [0.2, 0.25) is 0 Å². The summed E-state index contributed by atoms with van der Waals surface area (Å²) in [5, 5.41) is 9.80. The highest BCUT2D eigenvalue weighted by Gasteiger charge is 2.58. The van der Waals surface area contributed by atoms with Crippen molar-refractivity contribution in [3.63, 3.8) is 0 Å². The molecule has 1 saturated carbocycles. The van der Waals surface area contributed by atoms with Gasteiger partial charge >= 0.3 is 5.97 Å². The summed E-state index contributed by atoms with van der Waals surface area (Å²) in [4.78, 5) is 11.9. The fourth-order valence-corrected chi connectivity index (χ4v) is 4.32. The third kappa shape index (κ3) is 2.18. The fourth-order valence-electron chi connectivity index (χ4n) is 4.32. The third-order valence-corrected chi connectivity index (χ3v) is 4.91.